The summed E-state index contributed by atoms with van der Waals surface area (Å²) in [7, 11) is 0. The van der Waals surface area contributed by atoms with Crippen molar-refractivity contribution in [2.75, 3.05) is 29.5 Å². The van der Waals surface area contributed by atoms with Crippen molar-refractivity contribution in [3.05, 3.63) is 54.1 Å². The summed E-state index contributed by atoms with van der Waals surface area (Å²) in [4.78, 5) is 24.6. The van der Waals surface area contributed by atoms with E-state index < -0.39 is 0 Å². The van der Waals surface area contributed by atoms with Gasteiger partial charge in [0.1, 0.15) is 0 Å². The molecule has 0 heterocycles. The van der Waals surface area contributed by atoms with Crippen LogP contribution in [-0.4, -0.2) is 30.8 Å². The van der Waals surface area contributed by atoms with Gasteiger partial charge in [0.05, 0.1) is 36.2 Å². The maximum atomic E-state index is 12.2. The number of nitrogens with one attached hydrogen (secondary N) is 2. The number of nitriles is 1. The zero-order valence-electron chi connectivity index (χ0n) is 14.3. The predicted molar refractivity (Wildman–Crippen MR) is 102 cm³/mol. The fourth-order valence-electron chi connectivity index (χ4n) is 2.12. The van der Waals surface area contributed by atoms with E-state index in [0.29, 0.717) is 23.6 Å². The van der Waals surface area contributed by atoms with E-state index in [2.05, 4.69) is 16.7 Å². The fourth-order valence-corrected chi connectivity index (χ4v) is 2.79. The van der Waals surface area contributed by atoms with E-state index in [1.54, 1.807) is 37.3 Å². The molecule has 0 aromatic heterocycles. The summed E-state index contributed by atoms with van der Waals surface area (Å²) in [5.74, 6) is -0.259. The van der Waals surface area contributed by atoms with E-state index in [1.165, 1.54) is 11.8 Å². The first kappa shape index (κ1) is 19.3. The Hall–Kier alpha value is -2.98. The maximum Gasteiger partial charge on any atom is 0.338 e. The van der Waals surface area contributed by atoms with Gasteiger partial charge in [0.2, 0.25) is 5.91 Å². The molecule has 7 heteroatoms. The number of amides is 1. The van der Waals surface area contributed by atoms with Crippen LogP contribution in [0.1, 0.15) is 17.3 Å². The average Bonchev–Trinajstić information content (AvgIpc) is 2.66. The topological polar surface area (TPSA) is 91.2 Å². The Morgan fingerprint density at radius 2 is 1.88 bits per heavy atom. The number of benzene rings is 2. The molecule has 2 N–H and O–H groups in total. The summed E-state index contributed by atoms with van der Waals surface area (Å²) in [5, 5.41) is 14.5. The Balaban J connectivity index is 1.89. The minimum atomic E-state index is -0.372. The van der Waals surface area contributed by atoms with E-state index in [4.69, 9.17) is 10.00 Å². The van der Waals surface area contributed by atoms with Crippen molar-refractivity contribution in [3.63, 3.8) is 0 Å². The largest absolute Gasteiger partial charge is 0.462 e. The number of thioether (sulfide) groups is 1. The lowest BCUT2D eigenvalue weighted by Crippen LogP contribution is -2.22. The van der Waals surface area contributed by atoms with Crippen molar-refractivity contribution in [2.45, 2.75) is 11.8 Å². The highest BCUT2D eigenvalue weighted by Gasteiger charge is 2.08. The molecule has 0 radical (unpaired) electrons. The van der Waals surface area contributed by atoms with Crippen molar-refractivity contribution >= 4 is 35.0 Å². The van der Waals surface area contributed by atoms with Gasteiger partial charge < -0.3 is 15.4 Å². The second-order valence-corrected chi connectivity index (χ2v) is 6.16. The van der Waals surface area contributed by atoms with E-state index in [9.17, 15) is 9.59 Å². The Labute approximate surface area is 156 Å². The molecule has 26 heavy (non-hydrogen) atoms. The standard InChI is InChI=1S/C19H19N3O3S/c1-2-25-19(24)14-7-9-15(10-8-14)21-13-18(23)22-16-5-3-4-6-17(16)26-12-11-20/h3-10,21H,2,12-13H2,1H3,(H,22,23). The normalized spacial score (nSPS) is 9.85. The zero-order valence-corrected chi connectivity index (χ0v) is 15.1. The molecule has 134 valence electrons. The minimum absolute atomic E-state index is 0.0794. The van der Waals surface area contributed by atoms with Gasteiger partial charge in [-0.05, 0) is 43.3 Å². The highest BCUT2D eigenvalue weighted by Crippen LogP contribution is 2.26. The molecule has 6 nitrogen and oxygen atoms in total. The monoisotopic (exact) mass is 369 g/mol. The molecule has 0 fully saturated rings. The molecule has 0 aliphatic carbocycles. The molecule has 0 spiro atoms. The lowest BCUT2D eigenvalue weighted by atomic mass is 10.2. The maximum absolute atomic E-state index is 12.2. The van der Waals surface area contributed by atoms with Crippen LogP contribution in [0.15, 0.2) is 53.4 Å². The Kier molecular flexibility index (Phi) is 7.52. The number of carbonyl (C=O) groups is 2. The number of carbonyl (C=O) groups excluding carboxylic acids is 2. The summed E-state index contributed by atoms with van der Waals surface area (Å²) < 4.78 is 4.93. The van der Waals surface area contributed by atoms with Gasteiger partial charge >= 0.3 is 5.97 Å². The van der Waals surface area contributed by atoms with Gasteiger partial charge in [0.15, 0.2) is 0 Å². The predicted octanol–water partition coefficient (Wildman–Crippen LogP) is 3.53. The molecule has 0 aliphatic heterocycles. The van der Waals surface area contributed by atoms with Crippen molar-refractivity contribution in [1.29, 1.82) is 5.26 Å². The Morgan fingerprint density at radius 3 is 2.58 bits per heavy atom. The zero-order chi connectivity index (χ0) is 18.8. The summed E-state index contributed by atoms with van der Waals surface area (Å²) in [6.07, 6.45) is 0. The molecule has 1 amide bonds. The fraction of sp³-hybridized carbons (Fsp3) is 0.211. The Bertz CT molecular complexity index is 800. The number of nitrogens with zero attached hydrogens (tertiary/aromatic N) is 1. The molecule has 0 saturated carbocycles. The highest BCUT2D eigenvalue weighted by atomic mass is 32.2. The molecule has 0 bridgehead atoms. The summed E-state index contributed by atoms with van der Waals surface area (Å²) in [6.45, 7) is 2.16. The van der Waals surface area contributed by atoms with Crippen LogP contribution < -0.4 is 10.6 Å². The molecule has 0 saturated heterocycles. The number of para-hydroxylation sites is 1. The minimum Gasteiger partial charge on any atom is -0.462 e. The molecule has 2 rings (SSSR count). The van der Waals surface area contributed by atoms with Crippen LogP contribution in [0, 0.1) is 11.3 Å². The van der Waals surface area contributed by atoms with Gasteiger partial charge in [-0.3, -0.25) is 4.79 Å². The first-order chi connectivity index (χ1) is 12.6. The van der Waals surface area contributed by atoms with Crippen LogP contribution in [0.4, 0.5) is 11.4 Å². The van der Waals surface area contributed by atoms with Crippen molar-refractivity contribution in [2.24, 2.45) is 0 Å². The third-order valence-electron chi connectivity index (χ3n) is 3.30. The van der Waals surface area contributed by atoms with Crippen molar-refractivity contribution in [3.8, 4) is 6.07 Å². The first-order valence-electron chi connectivity index (χ1n) is 8.03. The SMILES string of the molecule is CCOC(=O)c1ccc(NCC(=O)Nc2ccccc2SCC#N)cc1. The summed E-state index contributed by atoms with van der Waals surface area (Å²) in [5.41, 5.74) is 1.86. The third kappa shape index (κ3) is 5.83. The molecule has 0 atom stereocenters. The third-order valence-corrected chi connectivity index (χ3v) is 4.24. The highest BCUT2D eigenvalue weighted by molar-refractivity contribution is 7.99. The van der Waals surface area contributed by atoms with Crippen LogP contribution in [0.5, 0.6) is 0 Å². The number of anilines is 2. The van der Waals surface area contributed by atoms with Gasteiger partial charge in [-0.25, -0.2) is 4.79 Å². The van der Waals surface area contributed by atoms with Crippen LogP contribution >= 0.6 is 11.8 Å². The van der Waals surface area contributed by atoms with Crippen LogP contribution in [0.3, 0.4) is 0 Å². The molecule has 2 aromatic rings. The number of rotatable bonds is 8. The van der Waals surface area contributed by atoms with Gasteiger partial charge in [0.25, 0.3) is 0 Å². The van der Waals surface area contributed by atoms with Crippen LogP contribution in [0.2, 0.25) is 0 Å². The van der Waals surface area contributed by atoms with E-state index >= 15 is 0 Å². The number of hydrogen-bond acceptors (Lipinski definition) is 6. The van der Waals surface area contributed by atoms with Crippen LogP contribution in [-0.2, 0) is 9.53 Å². The van der Waals surface area contributed by atoms with E-state index in [1.807, 2.05) is 18.2 Å². The summed E-state index contributed by atoms with van der Waals surface area (Å²) in [6, 6.07) is 16.1. The quantitative estimate of drug-likeness (QED) is 0.546. The lowest BCUT2D eigenvalue weighted by Gasteiger charge is -2.11. The van der Waals surface area contributed by atoms with E-state index in [0.717, 1.165) is 10.6 Å². The van der Waals surface area contributed by atoms with Gasteiger partial charge in [-0.15, -0.1) is 11.8 Å². The van der Waals surface area contributed by atoms with Gasteiger partial charge in [0, 0.05) is 10.6 Å². The second kappa shape index (κ2) is 10.1. The van der Waals surface area contributed by atoms with Crippen LogP contribution in [0.25, 0.3) is 0 Å². The lowest BCUT2D eigenvalue weighted by molar-refractivity contribution is -0.114. The van der Waals surface area contributed by atoms with Gasteiger partial charge in [-0.1, -0.05) is 12.1 Å². The van der Waals surface area contributed by atoms with Crippen molar-refractivity contribution in [1.82, 2.24) is 0 Å². The molecular weight excluding hydrogens is 350 g/mol. The smallest absolute Gasteiger partial charge is 0.338 e. The second-order valence-electron chi connectivity index (χ2n) is 5.14. The van der Waals surface area contributed by atoms with Crippen molar-refractivity contribution < 1.29 is 14.3 Å². The number of hydrogen-bond donors (Lipinski definition) is 2. The Morgan fingerprint density at radius 1 is 1.15 bits per heavy atom. The molecular formula is C19H19N3O3S. The van der Waals surface area contributed by atoms with Gasteiger partial charge in [-0.2, -0.15) is 5.26 Å². The number of ether oxygens (including phenoxy) is 1. The molecule has 2 aromatic carbocycles. The summed E-state index contributed by atoms with van der Waals surface area (Å²) >= 11 is 1.37. The average molecular weight is 369 g/mol. The number of esters is 1. The van der Waals surface area contributed by atoms with E-state index in [-0.39, 0.29) is 18.4 Å². The first-order valence-corrected chi connectivity index (χ1v) is 9.02. The molecule has 0 unspecified atom stereocenters. The molecule has 0 aliphatic rings.